The molecule has 0 unspecified atom stereocenters. The van der Waals surface area contributed by atoms with Crippen molar-refractivity contribution in [1.82, 2.24) is 10.6 Å². The molecule has 0 radical (unpaired) electrons. The van der Waals surface area contributed by atoms with Crippen LogP contribution in [0.1, 0.15) is 44.9 Å². The Morgan fingerprint density at radius 1 is 1.26 bits per heavy atom. The molecule has 0 spiro atoms. The summed E-state index contributed by atoms with van der Waals surface area (Å²) in [6, 6.07) is -0.570. The van der Waals surface area contributed by atoms with Gasteiger partial charge in [0.2, 0.25) is 0 Å². The normalized spacial score (nSPS) is 20.5. The van der Waals surface area contributed by atoms with Crippen LogP contribution in [0.15, 0.2) is 11.6 Å². The molecule has 2 rings (SSSR count). The van der Waals surface area contributed by atoms with Gasteiger partial charge in [-0.2, -0.15) is 0 Å². The molecule has 1 saturated heterocycles. The lowest BCUT2D eigenvalue weighted by atomic mass is 9.97. The molecule has 2 N–H and O–H groups in total. The molecular formula is C16H24N2O5. The van der Waals surface area contributed by atoms with E-state index >= 15 is 0 Å². The number of carbonyl (C=O) groups excluding carboxylic acids is 3. The van der Waals surface area contributed by atoms with Crippen LogP contribution < -0.4 is 10.6 Å². The van der Waals surface area contributed by atoms with E-state index in [0.29, 0.717) is 19.6 Å². The van der Waals surface area contributed by atoms with Gasteiger partial charge in [-0.15, -0.1) is 0 Å². The summed E-state index contributed by atoms with van der Waals surface area (Å²) in [6.07, 6.45) is 8.48. The second-order valence-corrected chi connectivity index (χ2v) is 5.77. The topological polar surface area (TPSA) is 93.7 Å². The second kappa shape index (κ2) is 9.29. The van der Waals surface area contributed by atoms with Crippen LogP contribution in [0.2, 0.25) is 0 Å². The smallest absolute Gasteiger partial charge is 0.335 e. The van der Waals surface area contributed by atoms with Gasteiger partial charge in [0.25, 0.3) is 5.91 Å². The number of esters is 1. The summed E-state index contributed by atoms with van der Waals surface area (Å²) in [5, 5.41) is 4.76. The standard InChI is InChI=1S/C16H24N2O5/c19-14(11-23-15(20)13-7-4-10-22-13)18-16(21)17-9-8-12-5-2-1-3-6-12/h5,13H,1-4,6-11H2,(H2,17,18,19,21)/t13-/m0/s1. The minimum absolute atomic E-state index is 0.475. The molecule has 1 atom stereocenters. The molecule has 1 aliphatic carbocycles. The van der Waals surface area contributed by atoms with Crippen LogP contribution in [-0.2, 0) is 19.1 Å². The Kier molecular flexibility index (Phi) is 7.06. The van der Waals surface area contributed by atoms with Crippen molar-refractivity contribution in [3.8, 4) is 0 Å². The maximum atomic E-state index is 11.6. The van der Waals surface area contributed by atoms with Crippen molar-refractivity contribution < 1.29 is 23.9 Å². The fraction of sp³-hybridized carbons (Fsp3) is 0.688. The number of rotatable bonds is 6. The average molecular weight is 324 g/mol. The highest BCUT2D eigenvalue weighted by Gasteiger charge is 2.25. The highest BCUT2D eigenvalue weighted by molar-refractivity contribution is 5.95. The van der Waals surface area contributed by atoms with Gasteiger partial charge in [-0.25, -0.2) is 9.59 Å². The number of imide groups is 1. The summed E-state index contributed by atoms with van der Waals surface area (Å²) in [7, 11) is 0. The molecule has 7 nitrogen and oxygen atoms in total. The van der Waals surface area contributed by atoms with E-state index in [4.69, 9.17) is 9.47 Å². The molecule has 1 fully saturated rings. The summed E-state index contributed by atoms with van der Waals surface area (Å²) in [6.45, 7) is 0.544. The molecular weight excluding hydrogens is 300 g/mol. The van der Waals surface area contributed by atoms with Crippen LogP contribution >= 0.6 is 0 Å². The lowest BCUT2D eigenvalue weighted by Crippen LogP contribution is -2.42. The number of carbonyl (C=O) groups is 3. The van der Waals surface area contributed by atoms with Crippen LogP contribution in [-0.4, -0.2) is 43.8 Å². The second-order valence-electron chi connectivity index (χ2n) is 5.77. The highest BCUT2D eigenvalue weighted by Crippen LogP contribution is 2.19. The Bertz CT molecular complexity index is 469. The van der Waals surface area contributed by atoms with Crippen molar-refractivity contribution in [2.45, 2.75) is 51.0 Å². The van der Waals surface area contributed by atoms with Crippen molar-refractivity contribution in [3.05, 3.63) is 11.6 Å². The van der Waals surface area contributed by atoms with E-state index in [9.17, 15) is 14.4 Å². The van der Waals surface area contributed by atoms with Gasteiger partial charge >= 0.3 is 12.0 Å². The Morgan fingerprint density at radius 2 is 2.13 bits per heavy atom. The molecule has 0 aromatic carbocycles. The molecule has 1 aliphatic heterocycles. The van der Waals surface area contributed by atoms with E-state index in [1.165, 1.54) is 18.4 Å². The van der Waals surface area contributed by atoms with Crippen molar-refractivity contribution in [3.63, 3.8) is 0 Å². The SMILES string of the molecule is O=C(COC(=O)[C@@H]1CCCO1)NC(=O)NCCC1=CCCCC1. The maximum Gasteiger partial charge on any atom is 0.335 e. The molecule has 2 aliphatic rings. The largest absolute Gasteiger partial charge is 0.454 e. The number of nitrogens with one attached hydrogen (secondary N) is 2. The predicted molar refractivity (Wildman–Crippen MR) is 82.6 cm³/mol. The zero-order valence-electron chi connectivity index (χ0n) is 13.3. The molecule has 7 heteroatoms. The minimum atomic E-state index is -0.647. The van der Waals surface area contributed by atoms with Crippen LogP contribution in [0.3, 0.4) is 0 Å². The monoisotopic (exact) mass is 324 g/mol. The fourth-order valence-electron chi connectivity index (χ4n) is 2.67. The van der Waals surface area contributed by atoms with Crippen molar-refractivity contribution in [1.29, 1.82) is 0 Å². The molecule has 128 valence electrons. The van der Waals surface area contributed by atoms with Crippen molar-refractivity contribution in [2.75, 3.05) is 19.8 Å². The molecule has 3 amide bonds. The van der Waals surface area contributed by atoms with E-state index < -0.39 is 30.6 Å². The van der Waals surface area contributed by atoms with Crippen LogP contribution in [0, 0.1) is 0 Å². The van der Waals surface area contributed by atoms with Gasteiger partial charge in [0, 0.05) is 13.2 Å². The number of allylic oxidation sites excluding steroid dienone is 1. The molecule has 1 heterocycles. The lowest BCUT2D eigenvalue weighted by molar-refractivity contribution is -0.157. The Balaban J connectivity index is 1.56. The highest BCUT2D eigenvalue weighted by atomic mass is 16.6. The number of hydrogen-bond acceptors (Lipinski definition) is 5. The Labute approximate surface area is 135 Å². The third kappa shape index (κ3) is 6.40. The average Bonchev–Trinajstić information content (AvgIpc) is 3.08. The first-order chi connectivity index (χ1) is 11.1. The zero-order chi connectivity index (χ0) is 16.5. The molecule has 23 heavy (non-hydrogen) atoms. The van der Waals surface area contributed by atoms with Gasteiger partial charge in [0.1, 0.15) is 0 Å². The molecule has 0 aromatic rings. The van der Waals surface area contributed by atoms with Crippen molar-refractivity contribution in [2.24, 2.45) is 0 Å². The van der Waals surface area contributed by atoms with E-state index in [1.807, 2.05) is 0 Å². The lowest BCUT2D eigenvalue weighted by Gasteiger charge is -2.13. The van der Waals surface area contributed by atoms with E-state index in [-0.39, 0.29) is 0 Å². The summed E-state index contributed by atoms with van der Waals surface area (Å²) >= 11 is 0. The predicted octanol–water partition coefficient (Wildman–Crippen LogP) is 1.42. The number of amides is 3. The number of ether oxygens (including phenoxy) is 2. The summed E-state index contributed by atoms with van der Waals surface area (Å²) in [4.78, 5) is 34.7. The van der Waals surface area contributed by atoms with Gasteiger partial charge < -0.3 is 14.8 Å². The van der Waals surface area contributed by atoms with E-state index in [0.717, 1.165) is 25.7 Å². The van der Waals surface area contributed by atoms with Crippen LogP contribution in [0.25, 0.3) is 0 Å². The van der Waals surface area contributed by atoms with Gasteiger partial charge in [-0.05, 0) is 44.9 Å². The van der Waals surface area contributed by atoms with Gasteiger partial charge in [0.15, 0.2) is 12.7 Å². The number of urea groups is 1. The third-order valence-corrected chi connectivity index (χ3v) is 3.91. The molecule has 0 bridgehead atoms. The van der Waals surface area contributed by atoms with Crippen LogP contribution in [0.4, 0.5) is 4.79 Å². The van der Waals surface area contributed by atoms with E-state index in [2.05, 4.69) is 16.7 Å². The van der Waals surface area contributed by atoms with Gasteiger partial charge in [-0.1, -0.05) is 11.6 Å². The minimum Gasteiger partial charge on any atom is -0.454 e. The first kappa shape index (κ1) is 17.5. The summed E-state index contributed by atoms with van der Waals surface area (Å²) in [5.74, 6) is -1.20. The Hall–Kier alpha value is -1.89. The fourth-order valence-corrected chi connectivity index (χ4v) is 2.67. The molecule has 0 aromatic heterocycles. The van der Waals surface area contributed by atoms with Crippen molar-refractivity contribution >= 4 is 17.9 Å². The van der Waals surface area contributed by atoms with Crippen LogP contribution in [0.5, 0.6) is 0 Å². The van der Waals surface area contributed by atoms with Gasteiger partial charge in [0.05, 0.1) is 0 Å². The number of hydrogen-bond donors (Lipinski definition) is 2. The molecule has 0 saturated carbocycles. The van der Waals surface area contributed by atoms with E-state index in [1.54, 1.807) is 0 Å². The summed E-state index contributed by atoms with van der Waals surface area (Å²) < 4.78 is 9.97. The maximum absolute atomic E-state index is 11.6. The zero-order valence-corrected chi connectivity index (χ0v) is 13.3. The quantitative estimate of drug-likeness (QED) is 0.569. The first-order valence-corrected chi connectivity index (χ1v) is 8.19. The Morgan fingerprint density at radius 3 is 2.83 bits per heavy atom. The van der Waals surface area contributed by atoms with Gasteiger partial charge in [-0.3, -0.25) is 10.1 Å². The third-order valence-electron chi connectivity index (χ3n) is 3.91. The first-order valence-electron chi connectivity index (χ1n) is 8.19. The summed E-state index contributed by atoms with van der Waals surface area (Å²) in [5.41, 5.74) is 1.35.